The van der Waals surface area contributed by atoms with E-state index >= 15 is 0 Å². The van der Waals surface area contributed by atoms with E-state index in [1.165, 1.54) is 0 Å². The van der Waals surface area contributed by atoms with Gasteiger partial charge in [0.25, 0.3) is 0 Å². The van der Waals surface area contributed by atoms with E-state index in [9.17, 15) is 4.79 Å². The van der Waals surface area contributed by atoms with Gasteiger partial charge in [-0.3, -0.25) is 4.98 Å². The Morgan fingerprint density at radius 3 is 2.59 bits per heavy atom. The molecule has 1 aliphatic carbocycles. The summed E-state index contributed by atoms with van der Waals surface area (Å²) in [5, 5.41) is 3.20. The Labute approximate surface area is 101 Å². The highest BCUT2D eigenvalue weighted by Crippen LogP contribution is 2.25. The lowest BCUT2D eigenvalue weighted by Gasteiger charge is -2.21. The molecule has 1 aliphatic rings. The molecule has 1 aromatic rings. The second-order valence-electron chi connectivity index (χ2n) is 4.74. The van der Waals surface area contributed by atoms with Crippen LogP contribution in [0.25, 0.3) is 0 Å². The summed E-state index contributed by atoms with van der Waals surface area (Å²) < 4.78 is 5.34. The lowest BCUT2D eigenvalue weighted by Crippen LogP contribution is -2.36. The number of ether oxygens (including phenoxy) is 1. The number of rotatable bonds is 5. The molecule has 1 saturated carbocycles. The molecule has 2 rings (SSSR count). The molecule has 0 spiro atoms. The van der Waals surface area contributed by atoms with Crippen LogP contribution in [-0.4, -0.2) is 23.1 Å². The Bertz CT molecular complexity index is 374. The molecule has 0 saturated heterocycles. The van der Waals surface area contributed by atoms with Crippen LogP contribution in [0.2, 0.25) is 0 Å². The molecule has 1 atom stereocenters. The number of nitrogens with zero attached hydrogens (tertiary/aromatic N) is 1. The van der Waals surface area contributed by atoms with E-state index in [1.807, 2.05) is 26.0 Å². The molecule has 1 aromatic heterocycles. The zero-order valence-corrected chi connectivity index (χ0v) is 10.2. The number of hydrogen-bond acceptors (Lipinski definition) is 4. The second-order valence-corrected chi connectivity index (χ2v) is 4.74. The van der Waals surface area contributed by atoms with Gasteiger partial charge in [-0.2, -0.15) is 0 Å². The third-order valence-corrected chi connectivity index (χ3v) is 2.73. The van der Waals surface area contributed by atoms with Crippen LogP contribution in [0, 0.1) is 5.92 Å². The summed E-state index contributed by atoms with van der Waals surface area (Å²) in [6.45, 7) is 4.01. The van der Waals surface area contributed by atoms with Crippen molar-refractivity contribution in [2.75, 3.05) is 5.32 Å². The van der Waals surface area contributed by atoms with Crippen LogP contribution in [0.1, 0.15) is 26.7 Å². The van der Waals surface area contributed by atoms with Crippen molar-refractivity contribution in [3.63, 3.8) is 0 Å². The zero-order valence-electron chi connectivity index (χ0n) is 10.2. The molecule has 1 heterocycles. The third-order valence-electron chi connectivity index (χ3n) is 2.73. The summed E-state index contributed by atoms with van der Waals surface area (Å²) in [6, 6.07) is 3.40. The molecule has 0 aromatic carbocycles. The van der Waals surface area contributed by atoms with Crippen molar-refractivity contribution in [1.82, 2.24) is 4.98 Å². The number of hydrogen-bond donors (Lipinski definition) is 1. The SMILES string of the molecule is CC(C)[C@H](Nc1ccncc1)C(=O)OC1CC1. The number of carbonyl (C=O) groups excluding carboxylic acids is 1. The van der Waals surface area contributed by atoms with Gasteiger partial charge in [0.05, 0.1) is 0 Å². The Morgan fingerprint density at radius 2 is 2.06 bits per heavy atom. The van der Waals surface area contributed by atoms with Crippen molar-refractivity contribution in [2.24, 2.45) is 5.92 Å². The van der Waals surface area contributed by atoms with Gasteiger partial charge in [-0.15, -0.1) is 0 Å². The van der Waals surface area contributed by atoms with Crippen molar-refractivity contribution >= 4 is 11.7 Å². The summed E-state index contributed by atoms with van der Waals surface area (Å²) in [5.41, 5.74) is 0.895. The lowest BCUT2D eigenvalue weighted by molar-refractivity contribution is -0.146. The van der Waals surface area contributed by atoms with Crippen molar-refractivity contribution in [2.45, 2.75) is 38.8 Å². The van der Waals surface area contributed by atoms with Gasteiger partial charge < -0.3 is 10.1 Å². The first kappa shape index (κ1) is 11.9. The minimum Gasteiger partial charge on any atom is -0.461 e. The van der Waals surface area contributed by atoms with Gasteiger partial charge in [0.2, 0.25) is 0 Å². The monoisotopic (exact) mass is 234 g/mol. The average Bonchev–Trinajstić information content (AvgIpc) is 3.10. The van der Waals surface area contributed by atoms with Crippen LogP contribution in [0.15, 0.2) is 24.5 Å². The van der Waals surface area contributed by atoms with Crippen molar-refractivity contribution in [1.29, 1.82) is 0 Å². The number of anilines is 1. The quantitative estimate of drug-likeness (QED) is 0.794. The average molecular weight is 234 g/mol. The molecule has 0 amide bonds. The van der Waals surface area contributed by atoms with E-state index in [2.05, 4.69) is 10.3 Å². The highest BCUT2D eigenvalue weighted by Gasteiger charge is 2.31. The normalized spacial score (nSPS) is 16.6. The fourth-order valence-electron chi connectivity index (χ4n) is 1.55. The molecule has 1 fully saturated rings. The van der Waals surface area contributed by atoms with Crippen molar-refractivity contribution < 1.29 is 9.53 Å². The van der Waals surface area contributed by atoms with E-state index in [-0.39, 0.29) is 24.0 Å². The first-order valence-corrected chi connectivity index (χ1v) is 6.04. The summed E-state index contributed by atoms with van der Waals surface area (Å²) in [5.74, 6) is 0.0359. The number of aromatic nitrogens is 1. The summed E-state index contributed by atoms with van der Waals surface area (Å²) in [4.78, 5) is 15.9. The van der Waals surface area contributed by atoms with E-state index < -0.39 is 0 Å². The predicted octanol–water partition coefficient (Wildman–Crippen LogP) is 2.22. The van der Waals surface area contributed by atoms with Gasteiger partial charge in [0.1, 0.15) is 12.1 Å². The maximum atomic E-state index is 11.9. The van der Waals surface area contributed by atoms with Crippen LogP contribution < -0.4 is 5.32 Å². The van der Waals surface area contributed by atoms with E-state index in [0.717, 1.165) is 18.5 Å². The molecular formula is C13H18N2O2. The molecule has 0 unspecified atom stereocenters. The topological polar surface area (TPSA) is 51.2 Å². The number of nitrogens with one attached hydrogen (secondary N) is 1. The fraction of sp³-hybridized carbons (Fsp3) is 0.538. The Balaban J connectivity index is 1.98. The van der Waals surface area contributed by atoms with Gasteiger partial charge in [0.15, 0.2) is 0 Å². The lowest BCUT2D eigenvalue weighted by atomic mass is 10.0. The first-order chi connectivity index (χ1) is 8.16. The summed E-state index contributed by atoms with van der Waals surface area (Å²) >= 11 is 0. The highest BCUT2D eigenvalue weighted by molar-refractivity contribution is 5.79. The maximum Gasteiger partial charge on any atom is 0.329 e. The fourth-order valence-corrected chi connectivity index (χ4v) is 1.55. The molecule has 17 heavy (non-hydrogen) atoms. The predicted molar refractivity (Wildman–Crippen MR) is 65.6 cm³/mol. The molecule has 4 heteroatoms. The Kier molecular flexibility index (Phi) is 3.61. The van der Waals surface area contributed by atoms with Crippen molar-refractivity contribution in [3.05, 3.63) is 24.5 Å². The van der Waals surface area contributed by atoms with Crippen LogP contribution in [0.3, 0.4) is 0 Å². The molecule has 4 nitrogen and oxygen atoms in total. The Hall–Kier alpha value is -1.58. The van der Waals surface area contributed by atoms with Crippen LogP contribution in [0.5, 0.6) is 0 Å². The van der Waals surface area contributed by atoms with Gasteiger partial charge in [-0.25, -0.2) is 4.79 Å². The van der Waals surface area contributed by atoms with Crippen LogP contribution in [0.4, 0.5) is 5.69 Å². The number of carbonyl (C=O) groups is 1. The minimum atomic E-state index is -0.294. The number of esters is 1. The zero-order chi connectivity index (χ0) is 12.3. The number of pyridine rings is 1. The maximum absolute atomic E-state index is 11.9. The molecule has 0 bridgehead atoms. The Morgan fingerprint density at radius 1 is 1.41 bits per heavy atom. The van der Waals surface area contributed by atoms with Gasteiger partial charge >= 0.3 is 5.97 Å². The smallest absolute Gasteiger partial charge is 0.329 e. The molecular weight excluding hydrogens is 216 g/mol. The highest BCUT2D eigenvalue weighted by atomic mass is 16.5. The first-order valence-electron chi connectivity index (χ1n) is 6.04. The van der Waals surface area contributed by atoms with Crippen molar-refractivity contribution in [3.8, 4) is 0 Å². The van der Waals surface area contributed by atoms with Crippen LogP contribution in [-0.2, 0) is 9.53 Å². The van der Waals surface area contributed by atoms with Crippen LogP contribution >= 0.6 is 0 Å². The molecule has 0 aliphatic heterocycles. The second kappa shape index (κ2) is 5.17. The van der Waals surface area contributed by atoms with E-state index in [0.29, 0.717) is 0 Å². The van der Waals surface area contributed by atoms with E-state index in [1.54, 1.807) is 12.4 Å². The summed E-state index contributed by atoms with van der Waals surface area (Å²) in [7, 11) is 0. The largest absolute Gasteiger partial charge is 0.461 e. The molecule has 1 N–H and O–H groups in total. The van der Waals surface area contributed by atoms with Gasteiger partial charge in [0, 0.05) is 18.1 Å². The van der Waals surface area contributed by atoms with Gasteiger partial charge in [-0.05, 0) is 30.9 Å². The molecule has 92 valence electrons. The van der Waals surface area contributed by atoms with Gasteiger partial charge in [-0.1, -0.05) is 13.8 Å². The standard InChI is InChI=1S/C13H18N2O2/c1-9(2)12(13(16)17-11-3-4-11)15-10-5-7-14-8-6-10/h5-9,11-12H,3-4H2,1-2H3,(H,14,15)/t12-/m0/s1. The van der Waals surface area contributed by atoms with E-state index in [4.69, 9.17) is 4.74 Å². The minimum absolute atomic E-state index is 0.153. The summed E-state index contributed by atoms with van der Waals surface area (Å²) in [6.07, 6.45) is 5.57. The molecule has 0 radical (unpaired) electrons. The third kappa shape index (κ3) is 3.44.